The van der Waals surface area contributed by atoms with Crippen LogP contribution in [0.2, 0.25) is 0 Å². The number of fused-ring (bicyclic) bond motifs is 19. The van der Waals surface area contributed by atoms with E-state index in [0.29, 0.717) is 0 Å². The fourth-order valence-corrected chi connectivity index (χ4v) is 12.7. The minimum atomic E-state index is -0.615. The van der Waals surface area contributed by atoms with Crippen LogP contribution in [0.25, 0.3) is 85.9 Å². The van der Waals surface area contributed by atoms with E-state index in [1.54, 1.807) is 0 Å². The monoisotopic (exact) mass is 871 g/mol. The first-order chi connectivity index (χ1) is 33.2. The minimum Gasteiger partial charge on any atom is -0.456 e. The number of benzene rings is 11. The van der Waals surface area contributed by atoms with Crippen LogP contribution in [0.1, 0.15) is 22.3 Å². The third kappa shape index (κ3) is 5.11. The quantitative estimate of drug-likeness (QED) is 0.176. The molecule has 0 atom stereocenters. The summed E-state index contributed by atoms with van der Waals surface area (Å²) in [6.07, 6.45) is 0. The molecule has 13 aromatic rings. The number of nitrogens with zero attached hydrogens (tertiary/aromatic N) is 1. The van der Waals surface area contributed by atoms with E-state index < -0.39 is 5.41 Å². The molecule has 0 radical (unpaired) electrons. The molecule has 1 aliphatic carbocycles. The minimum absolute atomic E-state index is 0.615. The highest BCUT2D eigenvalue weighted by Crippen LogP contribution is 2.65. The van der Waals surface area contributed by atoms with Crippen molar-refractivity contribution >= 4 is 92.1 Å². The van der Waals surface area contributed by atoms with Crippen LogP contribution in [-0.2, 0) is 5.41 Å². The molecule has 2 aliphatic rings. The first-order valence-electron chi connectivity index (χ1n) is 22.9. The number of para-hydroxylation sites is 1. The van der Waals surface area contributed by atoms with E-state index in [1.807, 2.05) is 23.5 Å². The Kier molecular flexibility index (Phi) is 7.58. The van der Waals surface area contributed by atoms with Crippen molar-refractivity contribution in [2.75, 3.05) is 4.90 Å². The zero-order chi connectivity index (χ0) is 43.8. The van der Waals surface area contributed by atoms with Crippen molar-refractivity contribution in [3.8, 4) is 33.8 Å². The SMILES string of the molecule is c1ccc2c(c1)-c1c(-c3ccc(N(c4ccc5oc6ccccc6c5c4)c4ccc5sc6ccccc6c5c4)cc3)cccc1C21c2ccc3ccccc3c2Oc2c1ccc1ccccc21. The number of ether oxygens (including phenoxy) is 1. The van der Waals surface area contributed by atoms with E-state index in [4.69, 9.17) is 9.15 Å². The summed E-state index contributed by atoms with van der Waals surface area (Å²) in [6.45, 7) is 0. The highest BCUT2D eigenvalue weighted by Gasteiger charge is 2.52. The van der Waals surface area contributed by atoms with Gasteiger partial charge in [-0.05, 0) is 105 Å². The van der Waals surface area contributed by atoms with Crippen molar-refractivity contribution in [2.24, 2.45) is 0 Å². The molecule has 0 saturated carbocycles. The van der Waals surface area contributed by atoms with Gasteiger partial charge in [0.05, 0.1) is 5.41 Å². The first kappa shape index (κ1) is 36.9. The van der Waals surface area contributed by atoms with Crippen LogP contribution in [0.4, 0.5) is 17.1 Å². The first-order valence-corrected chi connectivity index (χ1v) is 23.7. The summed E-state index contributed by atoms with van der Waals surface area (Å²) in [6, 6.07) is 82.1. The highest BCUT2D eigenvalue weighted by atomic mass is 32.1. The van der Waals surface area contributed by atoms with E-state index in [1.165, 1.54) is 59.1 Å². The number of hydrogen-bond acceptors (Lipinski definition) is 4. The van der Waals surface area contributed by atoms with E-state index in [-0.39, 0.29) is 0 Å². The van der Waals surface area contributed by atoms with Crippen LogP contribution < -0.4 is 9.64 Å². The lowest BCUT2D eigenvalue weighted by atomic mass is 9.65. The van der Waals surface area contributed by atoms with E-state index in [9.17, 15) is 0 Å². The van der Waals surface area contributed by atoms with Crippen molar-refractivity contribution in [3.05, 3.63) is 247 Å². The predicted molar refractivity (Wildman–Crippen MR) is 279 cm³/mol. The lowest BCUT2D eigenvalue weighted by Gasteiger charge is -2.40. The van der Waals surface area contributed by atoms with Gasteiger partial charge in [0.1, 0.15) is 22.7 Å². The number of anilines is 3. The Balaban J connectivity index is 0.937. The van der Waals surface area contributed by atoms with Crippen LogP contribution in [0.5, 0.6) is 11.5 Å². The molecule has 0 N–H and O–H groups in total. The molecular weight excluding hydrogens is 835 g/mol. The van der Waals surface area contributed by atoms with Gasteiger partial charge in [-0.3, -0.25) is 0 Å². The molecular formula is C63H37NO2S. The summed E-state index contributed by atoms with van der Waals surface area (Å²) >= 11 is 1.85. The molecule has 4 heteroatoms. The molecule has 2 aromatic heterocycles. The fraction of sp³-hybridized carbons (Fsp3) is 0.0159. The molecule has 1 aliphatic heterocycles. The zero-order valence-corrected chi connectivity index (χ0v) is 36.9. The molecule has 1 spiro atoms. The van der Waals surface area contributed by atoms with Gasteiger partial charge in [0.15, 0.2) is 0 Å². The van der Waals surface area contributed by atoms with Crippen molar-refractivity contribution in [2.45, 2.75) is 5.41 Å². The summed E-state index contributed by atoms with van der Waals surface area (Å²) in [5, 5.41) is 9.32. The number of rotatable bonds is 4. The Bertz CT molecular complexity index is 4020. The molecule has 3 heterocycles. The predicted octanol–water partition coefficient (Wildman–Crippen LogP) is 17.9. The van der Waals surface area contributed by atoms with E-state index >= 15 is 0 Å². The molecule has 3 nitrogen and oxygen atoms in total. The zero-order valence-electron chi connectivity index (χ0n) is 36.0. The highest BCUT2D eigenvalue weighted by molar-refractivity contribution is 7.25. The number of thiophene rings is 1. The molecule has 11 aromatic carbocycles. The molecule has 312 valence electrons. The van der Waals surface area contributed by atoms with Crippen molar-refractivity contribution in [1.82, 2.24) is 0 Å². The van der Waals surface area contributed by atoms with Crippen molar-refractivity contribution in [1.29, 1.82) is 0 Å². The second-order valence-electron chi connectivity index (χ2n) is 17.9. The number of hydrogen-bond donors (Lipinski definition) is 0. The van der Waals surface area contributed by atoms with Crippen LogP contribution in [0.15, 0.2) is 229 Å². The maximum atomic E-state index is 7.22. The topological polar surface area (TPSA) is 25.6 Å². The van der Waals surface area contributed by atoms with Crippen molar-refractivity contribution in [3.63, 3.8) is 0 Å². The Morgan fingerprint density at radius 2 is 0.925 bits per heavy atom. The molecule has 0 saturated heterocycles. The van der Waals surface area contributed by atoms with Crippen LogP contribution >= 0.6 is 11.3 Å². The third-order valence-corrected chi connectivity index (χ3v) is 15.7. The fourth-order valence-electron chi connectivity index (χ4n) is 11.6. The van der Waals surface area contributed by atoms with E-state index in [0.717, 1.165) is 77.6 Å². The normalized spacial score (nSPS) is 13.3. The van der Waals surface area contributed by atoms with Crippen LogP contribution in [-0.4, -0.2) is 0 Å². The summed E-state index contributed by atoms with van der Waals surface area (Å²) in [4.78, 5) is 2.39. The van der Waals surface area contributed by atoms with Gasteiger partial charge < -0.3 is 14.1 Å². The molecule has 0 fully saturated rings. The smallest absolute Gasteiger partial charge is 0.140 e. The van der Waals surface area contributed by atoms with Gasteiger partial charge >= 0.3 is 0 Å². The molecule has 0 unspecified atom stereocenters. The summed E-state index contributed by atoms with van der Waals surface area (Å²) in [5.41, 5.74) is 14.1. The largest absolute Gasteiger partial charge is 0.456 e. The Morgan fingerprint density at radius 3 is 1.70 bits per heavy atom. The standard InChI is InChI=1S/C63H37NO2S/c1-3-14-45-38(12-1)26-32-54-61(45)66-62-46-15-4-2-13-39(46)27-33-55(62)63(54)52-20-8-5-18-49(52)60-44(19-11-21-53(60)63)40-24-28-41(29-25-40)64(42-30-34-57-50(36-42)47-16-6-9-22-56(47)65-57)43-31-35-59-51(37-43)48-17-7-10-23-58(48)67-59/h1-37H. The molecule has 67 heavy (non-hydrogen) atoms. The maximum Gasteiger partial charge on any atom is 0.140 e. The summed E-state index contributed by atoms with van der Waals surface area (Å²) in [5.74, 6) is 1.85. The van der Waals surface area contributed by atoms with Gasteiger partial charge in [-0.25, -0.2) is 0 Å². The van der Waals surface area contributed by atoms with Gasteiger partial charge in [0, 0.05) is 69.9 Å². The van der Waals surface area contributed by atoms with Gasteiger partial charge in [-0.2, -0.15) is 0 Å². The van der Waals surface area contributed by atoms with E-state index in [2.05, 4.69) is 217 Å². The molecule has 15 rings (SSSR count). The van der Waals surface area contributed by atoms with Gasteiger partial charge in [0.2, 0.25) is 0 Å². The van der Waals surface area contributed by atoms with Gasteiger partial charge in [-0.1, -0.05) is 164 Å². The molecule has 0 bridgehead atoms. The summed E-state index contributed by atoms with van der Waals surface area (Å²) in [7, 11) is 0. The average Bonchev–Trinajstić information content (AvgIpc) is 4.05. The lowest BCUT2D eigenvalue weighted by molar-refractivity contribution is 0.447. The second-order valence-corrected chi connectivity index (χ2v) is 19.0. The Morgan fingerprint density at radius 1 is 0.358 bits per heavy atom. The van der Waals surface area contributed by atoms with Gasteiger partial charge in [0.25, 0.3) is 0 Å². The van der Waals surface area contributed by atoms with Crippen LogP contribution in [0.3, 0.4) is 0 Å². The maximum absolute atomic E-state index is 7.22. The van der Waals surface area contributed by atoms with Crippen molar-refractivity contribution < 1.29 is 9.15 Å². The third-order valence-electron chi connectivity index (χ3n) is 14.5. The lowest BCUT2D eigenvalue weighted by Crippen LogP contribution is -2.32. The second kappa shape index (κ2) is 13.8. The molecule has 0 amide bonds. The van der Waals surface area contributed by atoms with Gasteiger partial charge in [-0.15, -0.1) is 11.3 Å². The number of furan rings is 1. The average molecular weight is 872 g/mol. The Hall–Kier alpha value is -8.44. The Labute approximate surface area is 390 Å². The van der Waals surface area contributed by atoms with Crippen LogP contribution in [0, 0.1) is 0 Å². The summed E-state index contributed by atoms with van der Waals surface area (Å²) < 4.78 is 16.1.